The maximum atomic E-state index is 14.3. The third-order valence-corrected chi connectivity index (χ3v) is 16.6. The number of carbonyl (C=O) groups excluding carboxylic acids is 14. The van der Waals surface area contributed by atoms with Crippen molar-refractivity contribution in [2.75, 3.05) is 90.9 Å². The number of nitrogens with one attached hydrogen (secondary N) is 14. The molecule has 0 aliphatic carbocycles. The second kappa shape index (κ2) is 52.3. The Morgan fingerprint density at radius 1 is 0.519 bits per heavy atom. The van der Waals surface area contributed by atoms with Crippen molar-refractivity contribution in [2.24, 2.45) is 45.7 Å². The lowest BCUT2D eigenvalue weighted by Gasteiger charge is -2.31. The quantitative estimate of drug-likeness (QED) is 0.0116. The number of carboxylic acid groups (broad SMARTS) is 2. The fraction of sp³-hybridized carbons (Fsp3) is 0.726. The summed E-state index contributed by atoms with van der Waals surface area (Å²) in [5.74, 6) is -17.6. The van der Waals surface area contributed by atoms with Crippen molar-refractivity contribution < 1.29 is 97.1 Å². The van der Waals surface area contributed by atoms with Crippen LogP contribution in [-0.2, 0) is 76.7 Å². The van der Waals surface area contributed by atoms with Crippen LogP contribution < -0.4 is 97.4 Å². The van der Waals surface area contributed by atoms with Crippen LogP contribution in [0.1, 0.15) is 112 Å². The number of thiol groups is 1. The van der Waals surface area contributed by atoms with Crippen LogP contribution in [0.4, 0.5) is 0 Å². The number of rotatable bonds is 54. The van der Waals surface area contributed by atoms with E-state index in [0.717, 1.165) is 4.90 Å². The number of hydrogen-bond acceptors (Lipinski definition) is 24. The second-order valence-corrected chi connectivity index (χ2v) is 26.5. The number of aliphatic hydroxyl groups excluding tert-OH is 2. The number of aliphatic imine (C=N–C) groups is 1. The Morgan fingerprint density at radius 3 is 1.46 bits per heavy atom. The highest BCUT2D eigenvalue weighted by molar-refractivity contribution is 7.98. The number of likely N-dealkylation sites (N-methyl/N-ethyl adjacent to an activating group) is 2. The smallest absolute Gasteiger partial charge is 0.327 e. The Balaban J connectivity index is 6.48. The number of amides is 14. The first-order valence-electron chi connectivity index (χ1n) is 33.9. The fourth-order valence-corrected chi connectivity index (χ4v) is 10.3. The summed E-state index contributed by atoms with van der Waals surface area (Å²) in [6, 6.07) is -16.4. The van der Waals surface area contributed by atoms with Crippen molar-refractivity contribution in [2.45, 2.75) is 179 Å². The van der Waals surface area contributed by atoms with Crippen LogP contribution in [0.5, 0.6) is 0 Å². The van der Waals surface area contributed by atoms with E-state index < -0.39 is 213 Å². The minimum atomic E-state index is -1.91. The molecule has 592 valence electrons. The lowest BCUT2D eigenvalue weighted by atomic mass is 9.97. The summed E-state index contributed by atoms with van der Waals surface area (Å²) < 4.78 is 0. The minimum Gasteiger partial charge on any atom is -0.481 e. The molecule has 0 fully saturated rings. The van der Waals surface area contributed by atoms with Gasteiger partial charge in [-0.1, -0.05) is 48.0 Å². The summed E-state index contributed by atoms with van der Waals surface area (Å²) in [6.45, 7) is 6.55. The molecule has 0 aliphatic heterocycles. The SMILES string of the molecule is CC[C@H](C)[C@H](NC(=O)[C@H](CCCN=C(N)N)NC(=O)[C@H](CC(=O)O)NC(=O)[C@H](CC(C)C)NC(=O)[C@H](CCCCN)N(C)C(=O)C[C@H](N)C(=O)NCCNC)C(=O)NCC(=O)N[C@@H](CO)C(=O)N[C@@H](CCSC)C(=O)N[C@@H](CO)C(=O)NCC(=O)N[C@@H](CC(C)C)C(=O)NCC(=O)N[C@@H](CS)C(=O)O. The highest BCUT2D eigenvalue weighted by atomic mass is 32.2. The van der Waals surface area contributed by atoms with E-state index in [4.69, 9.17) is 28.0 Å². The summed E-state index contributed by atoms with van der Waals surface area (Å²) >= 11 is 5.11. The number of unbranched alkanes of at least 4 members (excludes halogenated alkanes) is 1. The molecule has 42 heteroatoms. The molecule has 14 amide bonds. The third kappa shape index (κ3) is 38.7. The summed E-state index contributed by atoms with van der Waals surface area (Å²) in [5.41, 5.74) is 22.8. The summed E-state index contributed by atoms with van der Waals surface area (Å²) in [7, 11) is 3.01. The van der Waals surface area contributed by atoms with Gasteiger partial charge in [-0.15, -0.1) is 0 Å². The lowest BCUT2D eigenvalue weighted by Crippen LogP contribution is -2.60. The Labute approximate surface area is 614 Å². The largest absolute Gasteiger partial charge is 0.481 e. The molecule has 0 spiro atoms. The van der Waals surface area contributed by atoms with Crippen molar-refractivity contribution in [3.8, 4) is 0 Å². The lowest BCUT2D eigenvalue weighted by molar-refractivity contribution is -0.142. The zero-order chi connectivity index (χ0) is 79.3. The molecule has 0 aliphatic rings. The number of carbonyl (C=O) groups is 16. The number of carboxylic acids is 2. The van der Waals surface area contributed by atoms with Gasteiger partial charge >= 0.3 is 11.9 Å². The highest BCUT2D eigenvalue weighted by Crippen LogP contribution is 2.15. The van der Waals surface area contributed by atoms with Crippen LogP contribution in [0.15, 0.2) is 4.99 Å². The maximum Gasteiger partial charge on any atom is 0.327 e. The Bertz CT molecular complexity index is 2880. The number of aliphatic hydroxyl groups is 2. The fourth-order valence-electron chi connectivity index (χ4n) is 9.57. The van der Waals surface area contributed by atoms with Crippen molar-refractivity contribution in [3.63, 3.8) is 0 Å². The minimum absolute atomic E-state index is 0.00383. The molecule has 0 saturated heterocycles. The molecule has 0 heterocycles. The molecule has 26 N–H and O–H groups in total. The zero-order valence-corrected chi connectivity index (χ0v) is 62.2. The van der Waals surface area contributed by atoms with Gasteiger partial charge in [0.05, 0.1) is 51.7 Å². The molecular weight excluding hydrogens is 1410 g/mol. The van der Waals surface area contributed by atoms with E-state index in [9.17, 15) is 92.0 Å². The van der Waals surface area contributed by atoms with Gasteiger partial charge in [-0.2, -0.15) is 24.4 Å². The molecule has 0 aromatic carbocycles. The molecule has 12 atom stereocenters. The van der Waals surface area contributed by atoms with Gasteiger partial charge in [0.1, 0.15) is 60.4 Å². The molecule has 0 bridgehead atoms. The van der Waals surface area contributed by atoms with Crippen LogP contribution in [0.25, 0.3) is 0 Å². The monoisotopic (exact) mass is 1520 g/mol. The average Bonchev–Trinajstić information content (AvgIpc) is 0.853. The summed E-state index contributed by atoms with van der Waals surface area (Å²) in [4.78, 5) is 217. The summed E-state index contributed by atoms with van der Waals surface area (Å²) in [5, 5.41) is 73.3. The van der Waals surface area contributed by atoms with Crippen molar-refractivity contribution in [1.82, 2.24) is 79.3 Å². The molecule has 0 unspecified atom stereocenters. The zero-order valence-electron chi connectivity index (χ0n) is 60.5. The van der Waals surface area contributed by atoms with Gasteiger partial charge in [-0.3, -0.25) is 76.9 Å². The van der Waals surface area contributed by atoms with Crippen LogP contribution in [0.2, 0.25) is 0 Å². The first-order valence-corrected chi connectivity index (χ1v) is 36.0. The molecule has 0 aromatic rings. The van der Waals surface area contributed by atoms with Crippen LogP contribution >= 0.6 is 24.4 Å². The van der Waals surface area contributed by atoms with E-state index in [-0.39, 0.29) is 93.9 Å². The maximum absolute atomic E-state index is 14.3. The average molecular weight is 1520 g/mol. The second-order valence-electron chi connectivity index (χ2n) is 25.2. The number of nitrogens with zero attached hydrogens (tertiary/aromatic N) is 2. The number of guanidine groups is 1. The van der Waals surface area contributed by atoms with Gasteiger partial charge in [-0.25, -0.2) is 4.79 Å². The molecule has 104 heavy (non-hydrogen) atoms. The Morgan fingerprint density at radius 2 is 0.971 bits per heavy atom. The van der Waals surface area contributed by atoms with Crippen LogP contribution in [0.3, 0.4) is 0 Å². The molecule has 40 nitrogen and oxygen atoms in total. The first-order chi connectivity index (χ1) is 48.9. The van der Waals surface area contributed by atoms with E-state index in [1.807, 2.05) is 0 Å². The normalized spacial score (nSPS) is 14.5. The van der Waals surface area contributed by atoms with E-state index in [1.165, 1.54) is 18.8 Å². The van der Waals surface area contributed by atoms with E-state index >= 15 is 0 Å². The summed E-state index contributed by atoms with van der Waals surface area (Å²) in [6.07, 6.45) is 0.860. The Hall–Kier alpha value is -8.71. The number of hydrogen-bond donors (Lipinski definition) is 23. The standard InChI is InChI=1S/C62H112N20O20S2/c1-10-34(6)50(60(100)72-28-46(86)74-42(30-84)58(98)77-37(16-21-104-9)54(94)80-41(29-83)53(93)71-26-45(85)73-38(22-32(2)3)52(92)70-27-47(87)75-43(31-103)61(101)102)81-55(95)36(14-13-18-69-62(65)66)76-57(97)40(25-49(89)90)78-56(96)39(23-33(4)5)79-59(99)44(15-11-12-17-63)82(8)48(88)24-35(64)51(91)68-20-19-67-7/h32-44,50,67,83-84,103H,10-31,63-64H2,1-9H3,(H,68,91)(H,70,92)(H,71,93)(H,72,100)(H,73,85)(H,74,86)(H,75,87)(H,76,97)(H,77,98)(H,78,96)(H,79,99)(H,80,94)(H,81,95)(H,89,90)(H,101,102)(H4,65,66,69)/t34-,35-,36-,37-,38-,39-,40-,41-,42-,43-,44-,50-/m0/s1. The van der Waals surface area contributed by atoms with Gasteiger partial charge < -0.3 is 123 Å². The number of nitrogens with two attached hydrogens (primary N) is 4. The van der Waals surface area contributed by atoms with Crippen LogP contribution in [-0.4, -0.2) is 283 Å². The van der Waals surface area contributed by atoms with Gasteiger partial charge in [0.2, 0.25) is 82.7 Å². The highest BCUT2D eigenvalue weighted by Gasteiger charge is 2.37. The predicted octanol–water partition coefficient (Wildman–Crippen LogP) is -8.87. The van der Waals surface area contributed by atoms with Gasteiger partial charge in [0.25, 0.3) is 0 Å². The number of aliphatic carboxylic acids is 2. The molecule has 0 radical (unpaired) electrons. The van der Waals surface area contributed by atoms with Gasteiger partial charge in [-0.05, 0) is 94.7 Å². The first kappa shape index (κ1) is 95.3. The third-order valence-electron chi connectivity index (χ3n) is 15.6. The van der Waals surface area contributed by atoms with Gasteiger partial charge in [0.15, 0.2) is 5.96 Å². The van der Waals surface area contributed by atoms with Gasteiger partial charge in [0, 0.05) is 32.4 Å². The van der Waals surface area contributed by atoms with E-state index in [0.29, 0.717) is 19.4 Å². The molecular formula is C62H112N20O20S2. The van der Waals surface area contributed by atoms with Crippen LogP contribution in [0, 0.1) is 17.8 Å². The topological polar surface area (TPSA) is 642 Å². The van der Waals surface area contributed by atoms with Crippen molar-refractivity contribution in [3.05, 3.63) is 0 Å². The van der Waals surface area contributed by atoms with E-state index in [1.54, 1.807) is 54.8 Å². The Kier molecular flexibility index (Phi) is 47.9. The molecule has 0 saturated carbocycles. The molecule has 0 aromatic heterocycles. The number of thioether (sulfide) groups is 1. The van der Waals surface area contributed by atoms with Crippen molar-refractivity contribution >= 4 is 125 Å². The molecule has 0 rings (SSSR count). The predicted molar refractivity (Wildman–Crippen MR) is 385 cm³/mol. The van der Waals surface area contributed by atoms with Crippen molar-refractivity contribution in [1.29, 1.82) is 0 Å². The van der Waals surface area contributed by atoms with E-state index in [2.05, 4.69) is 92.1 Å².